The summed E-state index contributed by atoms with van der Waals surface area (Å²) in [5.41, 5.74) is 9.11. The number of nitrogens with one attached hydrogen (secondary N) is 1. The second-order valence-electron chi connectivity index (χ2n) is 8.93. The van der Waals surface area contributed by atoms with Gasteiger partial charge in [-0.25, -0.2) is 9.97 Å². The van der Waals surface area contributed by atoms with E-state index in [1.54, 1.807) is 18.3 Å². The molecular formula is C27H29ClN6O3. The smallest absolute Gasteiger partial charge is 0.144 e. The lowest BCUT2D eigenvalue weighted by atomic mass is 10.1. The summed E-state index contributed by atoms with van der Waals surface area (Å²) in [6.45, 7) is 3.37. The van der Waals surface area contributed by atoms with E-state index in [2.05, 4.69) is 25.2 Å². The Kier molecular flexibility index (Phi) is 7.84. The number of aliphatic hydroxyl groups excluding tert-OH is 1. The monoisotopic (exact) mass is 520 g/mol. The van der Waals surface area contributed by atoms with E-state index in [0.717, 1.165) is 49.2 Å². The van der Waals surface area contributed by atoms with Crippen molar-refractivity contribution < 1.29 is 14.6 Å². The van der Waals surface area contributed by atoms with Gasteiger partial charge >= 0.3 is 0 Å². The van der Waals surface area contributed by atoms with E-state index < -0.39 is 0 Å². The zero-order valence-electron chi connectivity index (χ0n) is 20.3. The lowest BCUT2D eigenvalue weighted by Gasteiger charge is -2.29. The van der Waals surface area contributed by atoms with Crippen LogP contribution in [-0.4, -0.2) is 57.3 Å². The number of rotatable bonds is 9. The first-order valence-electron chi connectivity index (χ1n) is 12.2. The Morgan fingerprint density at radius 3 is 2.68 bits per heavy atom. The molecule has 192 valence electrons. The number of likely N-dealkylation sites (tertiary alicyclic amines) is 1. The van der Waals surface area contributed by atoms with Crippen molar-refractivity contribution in [3.63, 3.8) is 0 Å². The largest absolute Gasteiger partial charge is 0.490 e. The number of nitrogens with two attached hydrogens (primary N) is 1. The van der Waals surface area contributed by atoms with Crippen molar-refractivity contribution in [1.29, 1.82) is 0 Å². The molecule has 0 bridgehead atoms. The maximum atomic E-state index is 9.66. The molecule has 2 aromatic carbocycles. The SMILES string of the molecule is Nc1cc2c(Nc3ccc(OCc4ccccn4)c(Cl)c3)ncnc2cc1OCCN1CCC(O)CC1. The first kappa shape index (κ1) is 25.0. The predicted molar refractivity (Wildman–Crippen MR) is 144 cm³/mol. The molecule has 1 saturated heterocycles. The summed E-state index contributed by atoms with van der Waals surface area (Å²) >= 11 is 6.47. The first-order valence-corrected chi connectivity index (χ1v) is 12.6. The van der Waals surface area contributed by atoms with Gasteiger partial charge in [-0.15, -0.1) is 0 Å². The average molecular weight is 521 g/mol. The molecule has 1 aliphatic rings. The number of ether oxygens (including phenoxy) is 2. The Balaban J connectivity index is 1.24. The van der Waals surface area contributed by atoms with Gasteiger partial charge in [0.05, 0.1) is 28.0 Å². The molecule has 5 rings (SSSR count). The highest BCUT2D eigenvalue weighted by molar-refractivity contribution is 6.32. The number of piperidine rings is 1. The number of benzene rings is 2. The van der Waals surface area contributed by atoms with Gasteiger partial charge in [0.15, 0.2) is 0 Å². The number of hydrogen-bond donors (Lipinski definition) is 3. The standard InChI is InChI=1S/C27H29ClN6O3/c28-22-13-18(4-5-25(22)37-16-19-3-1-2-8-30-19)33-27-21-14-23(29)26(15-24(21)31-17-32-27)36-12-11-34-9-6-20(35)7-10-34/h1-5,8,13-15,17,20,35H,6-7,9-12,16,29H2,(H,31,32,33). The molecule has 0 spiro atoms. The van der Waals surface area contributed by atoms with Crippen molar-refractivity contribution in [2.45, 2.75) is 25.6 Å². The fourth-order valence-electron chi connectivity index (χ4n) is 4.22. The van der Waals surface area contributed by atoms with E-state index >= 15 is 0 Å². The Labute approximate surface area is 220 Å². The molecule has 0 saturated carbocycles. The summed E-state index contributed by atoms with van der Waals surface area (Å²) in [4.78, 5) is 15.3. The lowest BCUT2D eigenvalue weighted by Crippen LogP contribution is -2.38. The topological polar surface area (TPSA) is 119 Å². The van der Waals surface area contributed by atoms with Crippen molar-refractivity contribution in [1.82, 2.24) is 19.9 Å². The van der Waals surface area contributed by atoms with Gasteiger partial charge in [0.1, 0.15) is 36.9 Å². The summed E-state index contributed by atoms with van der Waals surface area (Å²) in [5, 5.41) is 14.2. The molecule has 0 radical (unpaired) electrons. The predicted octanol–water partition coefficient (Wildman–Crippen LogP) is 4.42. The van der Waals surface area contributed by atoms with Crippen LogP contribution in [0.3, 0.4) is 0 Å². The molecule has 2 aromatic heterocycles. The van der Waals surface area contributed by atoms with Crippen LogP contribution in [0.4, 0.5) is 17.2 Å². The summed E-state index contributed by atoms with van der Waals surface area (Å²) < 4.78 is 11.8. The van der Waals surface area contributed by atoms with Crippen LogP contribution in [-0.2, 0) is 6.61 Å². The van der Waals surface area contributed by atoms with Gasteiger partial charge in [-0.2, -0.15) is 0 Å². The number of nitrogens with zero attached hydrogens (tertiary/aromatic N) is 4. The number of halogens is 1. The first-order chi connectivity index (χ1) is 18.0. The van der Waals surface area contributed by atoms with Crippen LogP contribution in [0, 0.1) is 0 Å². The van der Waals surface area contributed by atoms with E-state index in [1.807, 2.05) is 36.4 Å². The molecule has 0 atom stereocenters. The van der Waals surface area contributed by atoms with Gasteiger partial charge in [0.25, 0.3) is 0 Å². The molecule has 4 N–H and O–H groups in total. The Morgan fingerprint density at radius 2 is 1.89 bits per heavy atom. The molecule has 9 nitrogen and oxygen atoms in total. The van der Waals surface area contributed by atoms with Crippen molar-refractivity contribution in [3.8, 4) is 11.5 Å². The van der Waals surface area contributed by atoms with E-state index in [0.29, 0.717) is 46.8 Å². The number of aliphatic hydroxyl groups is 1. The van der Waals surface area contributed by atoms with Crippen LogP contribution < -0.4 is 20.5 Å². The van der Waals surface area contributed by atoms with Gasteiger partial charge in [-0.1, -0.05) is 17.7 Å². The normalized spacial score (nSPS) is 14.5. The van der Waals surface area contributed by atoms with Crippen molar-refractivity contribution in [3.05, 3.63) is 71.8 Å². The van der Waals surface area contributed by atoms with Crippen LogP contribution in [0.15, 0.2) is 61.1 Å². The highest BCUT2D eigenvalue weighted by Crippen LogP contribution is 2.33. The highest BCUT2D eigenvalue weighted by Gasteiger charge is 2.17. The third-order valence-electron chi connectivity index (χ3n) is 6.29. The zero-order valence-corrected chi connectivity index (χ0v) is 21.1. The van der Waals surface area contributed by atoms with E-state index in [1.165, 1.54) is 6.33 Å². The molecule has 37 heavy (non-hydrogen) atoms. The van der Waals surface area contributed by atoms with Crippen LogP contribution >= 0.6 is 11.6 Å². The van der Waals surface area contributed by atoms with Gasteiger partial charge in [0.2, 0.25) is 0 Å². The number of hydrogen-bond acceptors (Lipinski definition) is 9. The summed E-state index contributed by atoms with van der Waals surface area (Å²) in [6, 6.07) is 14.8. The van der Waals surface area contributed by atoms with Crippen molar-refractivity contribution in [2.75, 3.05) is 37.3 Å². The molecule has 1 fully saturated rings. The number of pyridine rings is 1. The molecule has 1 aliphatic heterocycles. The molecule has 0 unspecified atom stereocenters. The lowest BCUT2D eigenvalue weighted by molar-refractivity contribution is 0.0755. The van der Waals surface area contributed by atoms with Gasteiger partial charge in [-0.3, -0.25) is 9.88 Å². The minimum absolute atomic E-state index is 0.185. The van der Waals surface area contributed by atoms with Gasteiger partial charge < -0.3 is 25.6 Å². The molecule has 4 aromatic rings. The molecule has 10 heteroatoms. The third kappa shape index (κ3) is 6.37. The fraction of sp³-hybridized carbons (Fsp3) is 0.296. The van der Waals surface area contributed by atoms with Crippen molar-refractivity contribution in [2.24, 2.45) is 0 Å². The number of aromatic nitrogens is 3. The molecular weight excluding hydrogens is 492 g/mol. The minimum Gasteiger partial charge on any atom is -0.490 e. The third-order valence-corrected chi connectivity index (χ3v) is 6.58. The van der Waals surface area contributed by atoms with Crippen LogP contribution in [0.5, 0.6) is 11.5 Å². The van der Waals surface area contributed by atoms with E-state index in [9.17, 15) is 5.11 Å². The molecule has 0 aliphatic carbocycles. The van der Waals surface area contributed by atoms with Crippen LogP contribution in [0.1, 0.15) is 18.5 Å². The number of fused-ring (bicyclic) bond motifs is 1. The molecule has 0 amide bonds. The highest BCUT2D eigenvalue weighted by atomic mass is 35.5. The van der Waals surface area contributed by atoms with Gasteiger partial charge in [-0.05, 0) is 49.2 Å². The Hall–Kier alpha value is -3.66. The number of nitrogen functional groups attached to an aromatic ring is 1. The zero-order chi connectivity index (χ0) is 25.6. The summed E-state index contributed by atoms with van der Waals surface area (Å²) in [7, 11) is 0. The maximum absolute atomic E-state index is 9.66. The van der Waals surface area contributed by atoms with E-state index in [-0.39, 0.29) is 6.10 Å². The average Bonchev–Trinajstić information content (AvgIpc) is 2.91. The van der Waals surface area contributed by atoms with Gasteiger partial charge in [0, 0.05) is 43.0 Å². The second kappa shape index (κ2) is 11.6. The number of anilines is 3. The molecule has 3 heterocycles. The minimum atomic E-state index is -0.185. The summed E-state index contributed by atoms with van der Waals surface area (Å²) in [5.74, 6) is 1.76. The maximum Gasteiger partial charge on any atom is 0.144 e. The second-order valence-corrected chi connectivity index (χ2v) is 9.34. The van der Waals surface area contributed by atoms with E-state index in [4.69, 9.17) is 26.8 Å². The van der Waals surface area contributed by atoms with Crippen molar-refractivity contribution >= 4 is 39.7 Å². The summed E-state index contributed by atoms with van der Waals surface area (Å²) in [6.07, 6.45) is 4.64. The Bertz CT molecular complexity index is 1350. The quantitative estimate of drug-likeness (QED) is 0.275. The van der Waals surface area contributed by atoms with Crippen LogP contribution in [0.2, 0.25) is 5.02 Å². The Morgan fingerprint density at radius 1 is 1.03 bits per heavy atom. The fourth-order valence-corrected chi connectivity index (χ4v) is 4.46. The van der Waals surface area contributed by atoms with Crippen LogP contribution in [0.25, 0.3) is 10.9 Å².